The molecule has 5 nitrogen and oxygen atoms in total. The Kier molecular flexibility index (Phi) is 3.48. The Morgan fingerprint density at radius 3 is 2.69 bits per heavy atom. The van der Waals surface area contributed by atoms with Crippen LogP contribution in [-0.4, -0.2) is 36.4 Å². The highest BCUT2D eigenvalue weighted by Gasteiger charge is 2.15. The number of nitrogens with zero attached hydrogens (tertiary/aromatic N) is 2. The van der Waals surface area contributed by atoms with Gasteiger partial charge in [0.15, 0.2) is 5.78 Å². The van der Waals surface area contributed by atoms with Crippen LogP contribution in [0.1, 0.15) is 15.9 Å². The summed E-state index contributed by atoms with van der Waals surface area (Å²) in [6, 6.07) is 4.39. The molecular formula is C11H13N3O2. The number of phenolic OH excluding ortho intramolecular Hbond substituents is 1. The van der Waals surface area contributed by atoms with Gasteiger partial charge in [0, 0.05) is 11.6 Å². The molecule has 1 aromatic rings. The molecule has 0 atom stereocenters. The molecule has 84 valence electrons. The number of nitrogen functional groups attached to an aromatic ring is 1. The fourth-order valence-corrected chi connectivity index (χ4v) is 1.37. The van der Waals surface area contributed by atoms with Crippen molar-refractivity contribution in [3.8, 4) is 11.8 Å². The lowest BCUT2D eigenvalue weighted by molar-refractivity contribution is 0.0957. The summed E-state index contributed by atoms with van der Waals surface area (Å²) in [6.45, 7) is 0.164. The summed E-state index contributed by atoms with van der Waals surface area (Å²) in [5.74, 6) is -0.359. The van der Waals surface area contributed by atoms with E-state index in [4.69, 9.17) is 11.0 Å². The smallest absolute Gasteiger partial charge is 0.178 e. The molecule has 3 N–H and O–H groups in total. The Balaban J connectivity index is 3.22. The van der Waals surface area contributed by atoms with Crippen LogP contribution in [0.5, 0.6) is 5.75 Å². The molecule has 0 saturated carbocycles. The first kappa shape index (κ1) is 12.0. The van der Waals surface area contributed by atoms with Gasteiger partial charge in [-0.25, -0.2) is 0 Å². The molecular weight excluding hydrogens is 206 g/mol. The van der Waals surface area contributed by atoms with Gasteiger partial charge in [-0.3, -0.25) is 4.79 Å². The minimum atomic E-state index is -0.246. The molecule has 0 bridgehead atoms. The molecule has 0 spiro atoms. The van der Waals surface area contributed by atoms with Crippen LogP contribution < -0.4 is 5.73 Å². The number of nitrogens with two attached hydrogens (primary N) is 1. The number of carbonyl (C=O) groups is 1. The van der Waals surface area contributed by atoms with Gasteiger partial charge < -0.3 is 15.7 Å². The Hall–Kier alpha value is -2.06. The maximum absolute atomic E-state index is 11.8. The summed E-state index contributed by atoms with van der Waals surface area (Å²) in [6.07, 6.45) is 0. The van der Waals surface area contributed by atoms with Crippen molar-refractivity contribution in [1.29, 1.82) is 5.26 Å². The third-order valence-electron chi connectivity index (χ3n) is 2.03. The topological polar surface area (TPSA) is 90.3 Å². The third-order valence-corrected chi connectivity index (χ3v) is 2.03. The Morgan fingerprint density at radius 1 is 1.56 bits per heavy atom. The summed E-state index contributed by atoms with van der Waals surface area (Å²) in [5.41, 5.74) is 5.94. The van der Waals surface area contributed by atoms with Crippen molar-refractivity contribution in [2.45, 2.75) is 0 Å². The molecule has 0 amide bonds. The van der Waals surface area contributed by atoms with Crippen molar-refractivity contribution in [3.63, 3.8) is 0 Å². The van der Waals surface area contributed by atoms with Gasteiger partial charge in [0.25, 0.3) is 0 Å². The number of carbonyl (C=O) groups excluding carboxylic acids is 1. The van der Waals surface area contributed by atoms with E-state index in [1.54, 1.807) is 19.0 Å². The fourth-order valence-electron chi connectivity index (χ4n) is 1.37. The highest BCUT2D eigenvalue weighted by molar-refractivity contribution is 6.01. The zero-order valence-electron chi connectivity index (χ0n) is 9.19. The minimum absolute atomic E-state index is 0.112. The van der Waals surface area contributed by atoms with Gasteiger partial charge in [-0.15, -0.1) is 0 Å². The second kappa shape index (κ2) is 4.64. The predicted molar refractivity (Wildman–Crippen MR) is 60.1 cm³/mol. The van der Waals surface area contributed by atoms with E-state index in [1.165, 1.54) is 12.1 Å². The van der Waals surface area contributed by atoms with E-state index >= 15 is 0 Å². The normalized spacial score (nSPS) is 10.1. The quantitative estimate of drug-likeness (QED) is 0.573. The Labute approximate surface area is 93.7 Å². The fraction of sp³-hybridized carbons (Fsp3) is 0.273. The third kappa shape index (κ3) is 2.49. The molecule has 5 heteroatoms. The summed E-state index contributed by atoms with van der Waals surface area (Å²) < 4.78 is 0. The van der Waals surface area contributed by atoms with Crippen LogP contribution in [0.3, 0.4) is 0 Å². The average molecular weight is 219 g/mol. The lowest BCUT2D eigenvalue weighted by atomic mass is 10.0. The van der Waals surface area contributed by atoms with Gasteiger partial charge in [0.05, 0.1) is 17.8 Å². The number of hydrogen-bond acceptors (Lipinski definition) is 5. The number of Topliss-reactive ketones (excluding diaryl/α,β-unsaturated/α-hetero) is 1. The van der Waals surface area contributed by atoms with Crippen LogP contribution in [0.2, 0.25) is 0 Å². The molecule has 1 aromatic carbocycles. The number of nitriles is 1. The van der Waals surface area contributed by atoms with Gasteiger partial charge in [-0.1, -0.05) is 0 Å². The van der Waals surface area contributed by atoms with Crippen molar-refractivity contribution in [2.75, 3.05) is 26.4 Å². The Morgan fingerprint density at radius 2 is 2.19 bits per heavy atom. The van der Waals surface area contributed by atoms with Crippen molar-refractivity contribution >= 4 is 11.5 Å². The zero-order chi connectivity index (χ0) is 12.3. The largest absolute Gasteiger partial charge is 0.508 e. The molecule has 0 aliphatic rings. The van der Waals surface area contributed by atoms with Crippen LogP contribution in [-0.2, 0) is 0 Å². The van der Waals surface area contributed by atoms with E-state index in [1.807, 2.05) is 6.07 Å². The number of aromatic hydroxyl groups is 1. The van der Waals surface area contributed by atoms with Gasteiger partial charge in [0.1, 0.15) is 11.8 Å². The predicted octanol–water partition coefficient (Wildman–Crippen LogP) is 0.590. The molecule has 16 heavy (non-hydrogen) atoms. The van der Waals surface area contributed by atoms with Gasteiger partial charge in [-0.2, -0.15) is 5.26 Å². The number of rotatable bonds is 3. The monoisotopic (exact) mass is 219 g/mol. The zero-order valence-corrected chi connectivity index (χ0v) is 9.19. The number of anilines is 1. The van der Waals surface area contributed by atoms with Crippen molar-refractivity contribution < 1.29 is 9.90 Å². The number of ketones is 1. The summed E-state index contributed by atoms with van der Waals surface area (Å²) in [4.78, 5) is 13.5. The molecule has 0 unspecified atom stereocenters. The first-order valence-corrected chi connectivity index (χ1v) is 4.66. The highest BCUT2D eigenvalue weighted by atomic mass is 16.3. The summed E-state index contributed by atoms with van der Waals surface area (Å²) in [7, 11) is 3.49. The molecule has 1 rings (SSSR count). The van der Waals surface area contributed by atoms with Gasteiger partial charge >= 0.3 is 0 Å². The molecule has 0 fully saturated rings. The first-order chi connectivity index (χ1) is 7.45. The lowest BCUT2D eigenvalue weighted by Gasteiger charge is -2.10. The van der Waals surface area contributed by atoms with Crippen molar-refractivity contribution in [3.05, 3.63) is 23.3 Å². The van der Waals surface area contributed by atoms with E-state index in [9.17, 15) is 9.90 Å². The highest BCUT2D eigenvalue weighted by Crippen LogP contribution is 2.23. The number of benzene rings is 1. The van der Waals surface area contributed by atoms with E-state index < -0.39 is 0 Å². The molecule has 0 heterocycles. The second-order valence-electron chi connectivity index (χ2n) is 3.73. The van der Waals surface area contributed by atoms with Crippen molar-refractivity contribution in [2.24, 2.45) is 0 Å². The number of phenols is 1. The van der Waals surface area contributed by atoms with E-state index in [0.717, 1.165) is 0 Å². The van der Waals surface area contributed by atoms with E-state index in [2.05, 4.69) is 0 Å². The SMILES string of the molecule is CN(C)CC(=O)c1cc(O)cc(N)c1C#N. The van der Waals surface area contributed by atoms with Crippen molar-refractivity contribution in [1.82, 2.24) is 4.90 Å². The average Bonchev–Trinajstić information content (AvgIpc) is 2.15. The molecule has 0 aromatic heterocycles. The van der Waals surface area contributed by atoms with Crippen LogP contribution in [0.25, 0.3) is 0 Å². The van der Waals surface area contributed by atoms with Gasteiger partial charge in [-0.05, 0) is 20.2 Å². The van der Waals surface area contributed by atoms with E-state index in [0.29, 0.717) is 0 Å². The lowest BCUT2D eigenvalue weighted by Crippen LogP contribution is -2.22. The van der Waals surface area contributed by atoms with Crippen LogP contribution in [0.4, 0.5) is 5.69 Å². The first-order valence-electron chi connectivity index (χ1n) is 4.66. The molecule has 0 aliphatic heterocycles. The maximum atomic E-state index is 11.8. The van der Waals surface area contributed by atoms with Crippen LogP contribution in [0.15, 0.2) is 12.1 Å². The minimum Gasteiger partial charge on any atom is -0.508 e. The Bertz CT molecular complexity index is 461. The van der Waals surface area contributed by atoms with Crippen LogP contribution >= 0.6 is 0 Å². The molecule has 0 saturated heterocycles. The number of hydrogen-bond donors (Lipinski definition) is 2. The van der Waals surface area contributed by atoms with E-state index in [-0.39, 0.29) is 34.9 Å². The van der Waals surface area contributed by atoms with Crippen LogP contribution in [0, 0.1) is 11.3 Å². The standard InChI is InChI=1S/C11H13N3O2/c1-14(2)6-11(16)8-3-7(15)4-10(13)9(8)5-12/h3-4,15H,6,13H2,1-2H3. The molecule has 0 radical (unpaired) electrons. The second-order valence-corrected chi connectivity index (χ2v) is 3.73. The maximum Gasteiger partial charge on any atom is 0.178 e. The summed E-state index contributed by atoms with van der Waals surface area (Å²) >= 11 is 0. The number of likely N-dealkylation sites (N-methyl/N-ethyl adjacent to an activating group) is 1. The summed E-state index contributed by atoms with van der Waals surface area (Å²) in [5, 5.41) is 18.2. The molecule has 0 aliphatic carbocycles. The van der Waals surface area contributed by atoms with Gasteiger partial charge in [0.2, 0.25) is 0 Å².